The molecule has 0 radical (unpaired) electrons. The summed E-state index contributed by atoms with van der Waals surface area (Å²) < 4.78 is 0. The number of pyridine rings is 1. The highest BCUT2D eigenvalue weighted by Gasteiger charge is 2.15. The molecule has 0 aliphatic carbocycles. The molecule has 1 aliphatic rings. The number of hydrogen-bond donors (Lipinski definition) is 1. The first-order valence-electron chi connectivity index (χ1n) is 6.41. The van der Waals surface area contributed by atoms with E-state index in [-0.39, 0.29) is 5.78 Å². The van der Waals surface area contributed by atoms with Gasteiger partial charge in [-0.1, -0.05) is 0 Å². The number of nitrogens with zero attached hydrogens (tertiary/aromatic N) is 1. The molecule has 3 nitrogen and oxygen atoms in total. The van der Waals surface area contributed by atoms with Gasteiger partial charge in [-0.25, -0.2) is 0 Å². The minimum absolute atomic E-state index is 0.228. The molecule has 1 unspecified atom stereocenters. The molecule has 1 fully saturated rings. The van der Waals surface area contributed by atoms with Crippen LogP contribution in [0.1, 0.15) is 41.6 Å². The van der Waals surface area contributed by atoms with Crippen LogP contribution in [-0.4, -0.2) is 23.9 Å². The molecule has 17 heavy (non-hydrogen) atoms. The molecule has 92 valence electrons. The van der Waals surface area contributed by atoms with E-state index in [4.69, 9.17) is 0 Å². The van der Waals surface area contributed by atoms with Gasteiger partial charge in [0.05, 0.1) is 0 Å². The lowest BCUT2D eigenvalue weighted by molar-refractivity contribution is 0.0971. The van der Waals surface area contributed by atoms with E-state index in [2.05, 4.69) is 10.3 Å². The second-order valence-corrected chi connectivity index (χ2v) is 4.93. The van der Waals surface area contributed by atoms with Gasteiger partial charge in [0.15, 0.2) is 5.78 Å². The van der Waals surface area contributed by atoms with Gasteiger partial charge in [-0.15, -0.1) is 0 Å². The van der Waals surface area contributed by atoms with Crippen molar-refractivity contribution in [3.8, 4) is 0 Å². The van der Waals surface area contributed by atoms with Crippen molar-refractivity contribution in [2.75, 3.05) is 13.1 Å². The Kier molecular flexibility index (Phi) is 4.26. The smallest absolute Gasteiger partial charge is 0.164 e. The fraction of sp³-hybridized carbons (Fsp3) is 0.571. The number of carbonyl (C=O) groups is 1. The maximum Gasteiger partial charge on any atom is 0.164 e. The van der Waals surface area contributed by atoms with Gasteiger partial charge in [0.1, 0.15) is 0 Å². The Balaban J connectivity index is 1.84. The number of Topliss-reactive ketones (excluding diaryl/α,β-unsaturated/α-hetero) is 1. The minimum atomic E-state index is 0.228. The van der Waals surface area contributed by atoms with E-state index in [1.165, 1.54) is 12.8 Å². The maximum atomic E-state index is 12.0. The van der Waals surface area contributed by atoms with Crippen molar-refractivity contribution in [2.45, 2.75) is 32.6 Å². The molecule has 0 spiro atoms. The molecule has 2 heterocycles. The van der Waals surface area contributed by atoms with Crippen molar-refractivity contribution in [3.63, 3.8) is 0 Å². The van der Waals surface area contributed by atoms with E-state index in [0.717, 1.165) is 30.6 Å². The molecule has 3 heteroatoms. The third kappa shape index (κ3) is 3.63. The van der Waals surface area contributed by atoms with Gasteiger partial charge in [-0.3, -0.25) is 9.78 Å². The van der Waals surface area contributed by atoms with Gasteiger partial charge in [0.2, 0.25) is 0 Å². The number of aromatic nitrogens is 1. The van der Waals surface area contributed by atoms with Crippen LogP contribution in [-0.2, 0) is 0 Å². The standard InChI is InChI=1S/C14H20N2O/c1-11-7-13(10-16-8-11)14(17)5-4-12-3-2-6-15-9-12/h7-8,10,12,15H,2-6,9H2,1H3. The summed E-state index contributed by atoms with van der Waals surface area (Å²) in [5.41, 5.74) is 1.81. The summed E-state index contributed by atoms with van der Waals surface area (Å²) in [5, 5.41) is 3.38. The fourth-order valence-corrected chi connectivity index (χ4v) is 2.36. The van der Waals surface area contributed by atoms with E-state index in [1.54, 1.807) is 12.4 Å². The van der Waals surface area contributed by atoms with Gasteiger partial charge < -0.3 is 5.32 Å². The molecule has 1 aromatic rings. The zero-order valence-corrected chi connectivity index (χ0v) is 10.4. The highest BCUT2D eigenvalue weighted by molar-refractivity contribution is 5.95. The summed E-state index contributed by atoms with van der Waals surface area (Å²) in [5.74, 6) is 0.900. The second-order valence-electron chi connectivity index (χ2n) is 4.93. The van der Waals surface area contributed by atoms with Crippen LogP contribution in [0.3, 0.4) is 0 Å². The van der Waals surface area contributed by atoms with Crippen LogP contribution in [0.15, 0.2) is 18.5 Å². The Morgan fingerprint density at radius 2 is 2.41 bits per heavy atom. The largest absolute Gasteiger partial charge is 0.316 e. The van der Waals surface area contributed by atoms with Crippen molar-refractivity contribution >= 4 is 5.78 Å². The Morgan fingerprint density at radius 1 is 1.53 bits per heavy atom. The molecule has 2 rings (SSSR count). The monoisotopic (exact) mass is 232 g/mol. The number of ketones is 1. The highest BCUT2D eigenvalue weighted by atomic mass is 16.1. The summed E-state index contributed by atoms with van der Waals surface area (Å²) in [7, 11) is 0. The van der Waals surface area contributed by atoms with Gasteiger partial charge >= 0.3 is 0 Å². The Labute approximate surface area is 103 Å². The summed E-state index contributed by atoms with van der Waals surface area (Å²) in [6.45, 7) is 4.17. The first-order chi connectivity index (χ1) is 8.25. The SMILES string of the molecule is Cc1cncc(C(=O)CCC2CCCNC2)c1. The predicted molar refractivity (Wildman–Crippen MR) is 68.1 cm³/mol. The van der Waals surface area contributed by atoms with Gasteiger partial charge in [0.25, 0.3) is 0 Å². The van der Waals surface area contributed by atoms with E-state index in [1.807, 2.05) is 13.0 Å². The molecule has 0 aromatic carbocycles. The average Bonchev–Trinajstić information content (AvgIpc) is 2.37. The average molecular weight is 232 g/mol. The van der Waals surface area contributed by atoms with Crippen LogP contribution in [0.4, 0.5) is 0 Å². The molecule has 1 saturated heterocycles. The van der Waals surface area contributed by atoms with Crippen molar-refractivity contribution in [3.05, 3.63) is 29.6 Å². The van der Waals surface area contributed by atoms with Gasteiger partial charge in [-0.05, 0) is 56.8 Å². The van der Waals surface area contributed by atoms with E-state index in [0.29, 0.717) is 12.3 Å². The predicted octanol–water partition coefficient (Wildman–Crippen LogP) is 2.35. The quantitative estimate of drug-likeness (QED) is 0.810. The van der Waals surface area contributed by atoms with Crippen molar-refractivity contribution in [2.24, 2.45) is 5.92 Å². The minimum Gasteiger partial charge on any atom is -0.316 e. The van der Waals surface area contributed by atoms with E-state index >= 15 is 0 Å². The summed E-state index contributed by atoms with van der Waals surface area (Å²) >= 11 is 0. The number of aryl methyl sites for hydroxylation is 1. The Bertz CT molecular complexity index is 384. The van der Waals surface area contributed by atoms with Crippen molar-refractivity contribution in [1.29, 1.82) is 0 Å². The first-order valence-corrected chi connectivity index (χ1v) is 6.41. The molecular formula is C14H20N2O. The molecule has 1 N–H and O–H groups in total. The Hall–Kier alpha value is -1.22. The third-order valence-electron chi connectivity index (χ3n) is 3.38. The lowest BCUT2D eigenvalue weighted by Crippen LogP contribution is -2.30. The van der Waals surface area contributed by atoms with E-state index < -0.39 is 0 Å². The van der Waals surface area contributed by atoms with E-state index in [9.17, 15) is 4.79 Å². The van der Waals surface area contributed by atoms with Crippen LogP contribution >= 0.6 is 0 Å². The zero-order valence-electron chi connectivity index (χ0n) is 10.4. The molecule has 0 saturated carbocycles. The fourth-order valence-electron chi connectivity index (χ4n) is 2.36. The third-order valence-corrected chi connectivity index (χ3v) is 3.38. The normalized spacial score (nSPS) is 20.2. The summed E-state index contributed by atoms with van der Waals surface area (Å²) in [6, 6.07) is 1.93. The maximum absolute atomic E-state index is 12.0. The molecule has 1 aliphatic heterocycles. The van der Waals surface area contributed by atoms with Gasteiger partial charge in [0, 0.05) is 24.4 Å². The summed E-state index contributed by atoms with van der Waals surface area (Å²) in [4.78, 5) is 16.0. The lowest BCUT2D eigenvalue weighted by Gasteiger charge is -2.22. The number of piperidine rings is 1. The molecule has 0 bridgehead atoms. The van der Waals surface area contributed by atoms with Crippen LogP contribution in [0.5, 0.6) is 0 Å². The molecule has 1 atom stereocenters. The van der Waals surface area contributed by atoms with Crippen LogP contribution in [0, 0.1) is 12.8 Å². The first kappa shape index (κ1) is 12.2. The number of rotatable bonds is 4. The van der Waals surface area contributed by atoms with Crippen molar-refractivity contribution < 1.29 is 4.79 Å². The Morgan fingerprint density at radius 3 is 3.12 bits per heavy atom. The number of nitrogens with one attached hydrogen (secondary N) is 1. The highest BCUT2D eigenvalue weighted by Crippen LogP contribution is 2.17. The van der Waals surface area contributed by atoms with Crippen LogP contribution in [0.25, 0.3) is 0 Å². The zero-order chi connectivity index (χ0) is 12.1. The number of carbonyl (C=O) groups excluding carboxylic acids is 1. The molecule has 1 aromatic heterocycles. The lowest BCUT2D eigenvalue weighted by atomic mass is 9.92. The summed E-state index contributed by atoms with van der Waals surface area (Å²) in [6.07, 6.45) is 7.60. The molecule has 0 amide bonds. The van der Waals surface area contributed by atoms with Gasteiger partial charge in [-0.2, -0.15) is 0 Å². The van der Waals surface area contributed by atoms with Crippen LogP contribution < -0.4 is 5.32 Å². The van der Waals surface area contributed by atoms with Crippen molar-refractivity contribution in [1.82, 2.24) is 10.3 Å². The second kappa shape index (κ2) is 5.92. The molecular weight excluding hydrogens is 212 g/mol. The number of hydrogen-bond acceptors (Lipinski definition) is 3. The van der Waals surface area contributed by atoms with Crippen LogP contribution in [0.2, 0.25) is 0 Å². The topological polar surface area (TPSA) is 42.0 Å².